The van der Waals surface area contributed by atoms with Crippen LogP contribution < -0.4 is 5.32 Å². The summed E-state index contributed by atoms with van der Waals surface area (Å²) in [6.07, 6.45) is 0. The minimum Gasteiger partial charge on any atom is -0.303 e. The number of nitro benzene ring substituents is 1. The molecule has 0 aliphatic carbocycles. The maximum Gasteiger partial charge on any atom is 0.274 e. The van der Waals surface area contributed by atoms with E-state index in [1.165, 1.54) is 11.1 Å². The van der Waals surface area contributed by atoms with Crippen molar-refractivity contribution in [3.05, 3.63) is 75.3 Å². The Balaban J connectivity index is 2.21. The predicted molar refractivity (Wildman–Crippen MR) is 84.2 cm³/mol. The van der Waals surface area contributed by atoms with Gasteiger partial charge in [0.1, 0.15) is 0 Å². The Morgan fingerprint density at radius 1 is 0.952 bits per heavy atom. The lowest BCUT2D eigenvalue weighted by molar-refractivity contribution is -0.385. The largest absolute Gasteiger partial charge is 0.303 e. The molecule has 2 aromatic rings. The third-order valence-electron chi connectivity index (χ3n) is 3.75. The van der Waals surface area contributed by atoms with E-state index in [4.69, 9.17) is 0 Å². The molecule has 0 bridgehead atoms. The van der Waals surface area contributed by atoms with Gasteiger partial charge in [-0.3, -0.25) is 10.1 Å². The van der Waals surface area contributed by atoms with Crippen LogP contribution in [0.3, 0.4) is 0 Å². The molecule has 21 heavy (non-hydrogen) atoms. The molecule has 0 amide bonds. The number of nitrogens with one attached hydrogen (secondary N) is 1. The second kappa shape index (κ2) is 6.50. The zero-order valence-corrected chi connectivity index (χ0v) is 12.5. The smallest absolute Gasteiger partial charge is 0.274 e. The summed E-state index contributed by atoms with van der Waals surface area (Å²) in [6.45, 7) is 6.11. The topological polar surface area (TPSA) is 55.2 Å². The highest BCUT2D eigenvalue weighted by atomic mass is 16.6. The molecule has 4 heteroatoms. The van der Waals surface area contributed by atoms with Gasteiger partial charge in [-0.05, 0) is 31.9 Å². The molecular formula is C17H20N2O2. The average molecular weight is 284 g/mol. The summed E-state index contributed by atoms with van der Waals surface area (Å²) in [5.74, 6) is 0. The molecule has 2 rings (SSSR count). The maximum atomic E-state index is 11.1. The Morgan fingerprint density at radius 2 is 1.48 bits per heavy atom. The average Bonchev–Trinajstić information content (AvgIpc) is 2.47. The number of nitrogens with zero attached hydrogens (tertiary/aromatic N) is 1. The van der Waals surface area contributed by atoms with Crippen LogP contribution in [-0.4, -0.2) is 4.92 Å². The Kier molecular flexibility index (Phi) is 4.70. The molecule has 2 atom stereocenters. The van der Waals surface area contributed by atoms with Crippen LogP contribution in [0, 0.1) is 17.0 Å². The number of benzene rings is 2. The van der Waals surface area contributed by atoms with E-state index in [0.29, 0.717) is 5.56 Å². The lowest BCUT2D eigenvalue weighted by Gasteiger charge is -2.22. The molecule has 0 fully saturated rings. The number of para-hydroxylation sites is 1. The van der Waals surface area contributed by atoms with Gasteiger partial charge in [-0.1, -0.05) is 42.5 Å². The van der Waals surface area contributed by atoms with Gasteiger partial charge in [-0.15, -0.1) is 0 Å². The first-order chi connectivity index (χ1) is 10.0. The molecule has 0 heterocycles. The highest BCUT2D eigenvalue weighted by Gasteiger charge is 2.20. The van der Waals surface area contributed by atoms with Gasteiger partial charge in [0, 0.05) is 23.7 Å². The first-order valence-corrected chi connectivity index (χ1v) is 7.05. The minimum absolute atomic E-state index is 0.0961. The van der Waals surface area contributed by atoms with Crippen LogP contribution in [0.2, 0.25) is 0 Å². The summed E-state index contributed by atoms with van der Waals surface area (Å²) in [4.78, 5) is 10.8. The van der Waals surface area contributed by atoms with E-state index in [1.54, 1.807) is 18.2 Å². The molecule has 0 aliphatic heterocycles. The van der Waals surface area contributed by atoms with Crippen LogP contribution in [0.4, 0.5) is 5.69 Å². The van der Waals surface area contributed by atoms with Crippen molar-refractivity contribution in [1.29, 1.82) is 0 Å². The Hall–Kier alpha value is -2.20. The van der Waals surface area contributed by atoms with Crippen LogP contribution in [-0.2, 0) is 0 Å². The molecule has 2 aromatic carbocycles. The zero-order valence-electron chi connectivity index (χ0n) is 12.5. The predicted octanol–water partition coefficient (Wildman–Crippen LogP) is 4.32. The highest BCUT2D eigenvalue weighted by molar-refractivity contribution is 5.42. The lowest BCUT2D eigenvalue weighted by atomic mass is 10.00. The van der Waals surface area contributed by atoms with E-state index in [2.05, 4.69) is 31.3 Å². The number of aryl methyl sites for hydroxylation is 1. The molecule has 0 aromatic heterocycles. The van der Waals surface area contributed by atoms with E-state index in [1.807, 2.05) is 25.1 Å². The van der Waals surface area contributed by atoms with Crippen molar-refractivity contribution < 1.29 is 4.92 Å². The van der Waals surface area contributed by atoms with Crippen LogP contribution >= 0.6 is 0 Å². The van der Waals surface area contributed by atoms with E-state index in [-0.39, 0.29) is 22.7 Å². The summed E-state index contributed by atoms with van der Waals surface area (Å²) in [6, 6.07) is 15.1. The van der Waals surface area contributed by atoms with Gasteiger partial charge >= 0.3 is 0 Å². The number of rotatable bonds is 5. The Morgan fingerprint density at radius 3 is 2.10 bits per heavy atom. The standard InChI is InChI=1S/C17H20N2O2/c1-12-8-4-5-9-15(12)13(2)18-14(3)16-10-6-7-11-17(16)19(20)21/h4-11,13-14,18H,1-3H3. The van der Waals surface area contributed by atoms with Gasteiger partial charge in [0.25, 0.3) is 5.69 Å². The van der Waals surface area contributed by atoms with Crippen molar-refractivity contribution in [2.75, 3.05) is 0 Å². The molecule has 0 radical (unpaired) electrons. The van der Waals surface area contributed by atoms with Gasteiger partial charge in [0.2, 0.25) is 0 Å². The van der Waals surface area contributed by atoms with Crippen molar-refractivity contribution >= 4 is 5.69 Å². The molecule has 4 nitrogen and oxygen atoms in total. The Labute approximate surface area is 125 Å². The van der Waals surface area contributed by atoms with Gasteiger partial charge in [0.05, 0.1) is 4.92 Å². The highest BCUT2D eigenvalue weighted by Crippen LogP contribution is 2.27. The third-order valence-corrected chi connectivity index (χ3v) is 3.75. The van der Waals surface area contributed by atoms with E-state index >= 15 is 0 Å². The number of hydrogen-bond donors (Lipinski definition) is 1. The second-order valence-electron chi connectivity index (χ2n) is 5.28. The van der Waals surface area contributed by atoms with Gasteiger partial charge in [0.15, 0.2) is 0 Å². The number of hydrogen-bond acceptors (Lipinski definition) is 3. The SMILES string of the molecule is Cc1ccccc1C(C)NC(C)c1ccccc1[N+](=O)[O-]. The summed E-state index contributed by atoms with van der Waals surface area (Å²) in [7, 11) is 0. The van der Waals surface area contributed by atoms with Crippen LogP contribution in [0.1, 0.15) is 42.6 Å². The third kappa shape index (κ3) is 3.47. The summed E-state index contributed by atoms with van der Waals surface area (Å²) in [5.41, 5.74) is 3.30. The fourth-order valence-electron chi connectivity index (χ4n) is 2.65. The van der Waals surface area contributed by atoms with Crippen LogP contribution in [0.15, 0.2) is 48.5 Å². The Bertz CT molecular complexity index is 640. The van der Waals surface area contributed by atoms with Crippen molar-refractivity contribution in [1.82, 2.24) is 5.32 Å². The van der Waals surface area contributed by atoms with Gasteiger partial charge in [-0.25, -0.2) is 0 Å². The van der Waals surface area contributed by atoms with Gasteiger partial charge < -0.3 is 5.32 Å². The molecular weight excluding hydrogens is 264 g/mol. The molecule has 0 aliphatic rings. The van der Waals surface area contributed by atoms with Crippen molar-refractivity contribution in [2.24, 2.45) is 0 Å². The minimum atomic E-state index is -0.327. The van der Waals surface area contributed by atoms with Crippen molar-refractivity contribution in [3.8, 4) is 0 Å². The van der Waals surface area contributed by atoms with E-state index in [9.17, 15) is 10.1 Å². The van der Waals surface area contributed by atoms with E-state index in [0.717, 1.165) is 0 Å². The summed E-state index contributed by atoms with van der Waals surface area (Å²) in [5, 5.41) is 14.6. The van der Waals surface area contributed by atoms with E-state index < -0.39 is 0 Å². The zero-order chi connectivity index (χ0) is 15.4. The summed E-state index contributed by atoms with van der Waals surface area (Å²) >= 11 is 0. The fraction of sp³-hybridized carbons (Fsp3) is 0.294. The lowest BCUT2D eigenvalue weighted by Crippen LogP contribution is -2.23. The van der Waals surface area contributed by atoms with Crippen LogP contribution in [0.25, 0.3) is 0 Å². The number of nitro groups is 1. The van der Waals surface area contributed by atoms with Crippen molar-refractivity contribution in [2.45, 2.75) is 32.9 Å². The first-order valence-electron chi connectivity index (χ1n) is 7.05. The molecule has 110 valence electrons. The molecule has 2 unspecified atom stereocenters. The second-order valence-corrected chi connectivity index (χ2v) is 5.28. The fourth-order valence-corrected chi connectivity index (χ4v) is 2.65. The normalized spacial score (nSPS) is 13.7. The molecule has 0 saturated carbocycles. The summed E-state index contributed by atoms with van der Waals surface area (Å²) < 4.78 is 0. The molecule has 0 spiro atoms. The maximum absolute atomic E-state index is 11.1. The van der Waals surface area contributed by atoms with Crippen LogP contribution in [0.5, 0.6) is 0 Å². The van der Waals surface area contributed by atoms with Crippen molar-refractivity contribution in [3.63, 3.8) is 0 Å². The quantitative estimate of drug-likeness (QED) is 0.657. The molecule has 1 N–H and O–H groups in total. The monoisotopic (exact) mass is 284 g/mol. The molecule has 0 saturated heterocycles. The first kappa shape index (κ1) is 15.2. The van der Waals surface area contributed by atoms with Gasteiger partial charge in [-0.2, -0.15) is 0 Å².